The van der Waals surface area contributed by atoms with Crippen molar-refractivity contribution in [2.24, 2.45) is 23.3 Å². The van der Waals surface area contributed by atoms with Gasteiger partial charge in [-0.2, -0.15) is 0 Å². The number of nitrogens with two attached hydrogens (primary N) is 2. The van der Waals surface area contributed by atoms with E-state index in [1.54, 1.807) is 0 Å². The van der Waals surface area contributed by atoms with Gasteiger partial charge in [0.1, 0.15) is 42.7 Å². The molecule has 3 rings (SSSR count). The third kappa shape index (κ3) is 4.90. The minimum atomic E-state index is -1.39. The average Bonchev–Trinajstić information content (AvgIpc) is 3.02. The number of aliphatic hydroxyl groups is 6. The van der Waals surface area contributed by atoms with E-state index < -0.39 is 80.2 Å². The zero-order chi connectivity index (χ0) is 23.0. The van der Waals surface area contributed by atoms with Crippen molar-refractivity contribution in [1.29, 1.82) is 0 Å². The van der Waals surface area contributed by atoms with Gasteiger partial charge in [0.05, 0.1) is 24.9 Å². The Morgan fingerprint density at radius 1 is 0.774 bits per heavy atom. The van der Waals surface area contributed by atoms with E-state index in [2.05, 4.69) is 0 Å². The Kier molecular flexibility index (Phi) is 8.27. The van der Waals surface area contributed by atoms with Crippen molar-refractivity contribution in [3.05, 3.63) is 0 Å². The smallest absolute Gasteiger partial charge is 0.187 e. The molecule has 0 aromatic carbocycles. The molecule has 0 aromatic rings. The van der Waals surface area contributed by atoms with E-state index in [0.29, 0.717) is 6.42 Å². The fraction of sp³-hybridized carbons (Fsp3) is 1.00. The first-order valence-electron chi connectivity index (χ1n) is 10.7. The van der Waals surface area contributed by atoms with E-state index in [0.717, 1.165) is 0 Å². The molecule has 0 amide bonds. The normalized spacial score (nSPS) is 53.6. The first-order valence-corrected chi connectivity index (χ1v) is 10.7. The highest BCUT2D eigenvalue weighted by molar-refractivity contribution is 4.97. The van der Waals surface area contributed by atoms with Gasteiger partial charge in [-0.15, -0.1) is 0 Å². The number of hydrogen-bond donors (Lipinski definition) is 8. The van der Waals surface area contributed by atoms with Crippen LogP contribution in [0.4, 0.5) is 0 Å². The molecule has 1 saturated carbocycles. The van der Waals surface area contributed by atoms with Crippen molar-refractivity contribution in [3.63, 3.8) is 0 Å². The highest BCUT2D eigenvalue weighted by Gasteiger charge is 2.51. The van der Waals surface area contributed by atoms with Crippen LogP contribution < -0.4 is 11.5 Å². The fourth-order valence-corrected chi connectivity index (χ4v) is 4.63. The number of rotatable bonds is 6. The summed E-state index contributed by atoms with van der Waals surface area (Å²) in [5, 5.41) is 60.8. The summed E-state index contributed by atoms with van der Waals surface area (Å²) in [6.07, 6.45) is -11.9. The lowest BCUT2D eigenvalue weighted by molar-refractivity contribution is -0.316. The van der Waals surface area contributed by atoms with Gasteiger partial charge in [-0.25, -0.2) is 0 Å². The molecular weight excluding hydrogens is 416 g/mol. The van der Waals surface area contributed by atoms with Gasteiger partial charge in [-0.1, -0.05) is 13.8 Å². The van der Waals surface area contributed by atoms with E-state index in [-0.39, 0.29) is 18.4 Å². The molecule has 0 spiro atoms. The molecule has 1 aliphatic carbocycles. The van der Waals surface area contributed by atoms with E-state index >= 15 is 0 Å². The molecule has 12 heteroatoms. The topological polar surface area (TPSA) is 210 Å². The van der Waals surface area contributed by atoms with Gasteiger partial charge in [0.25, 0.3) is 0 Å². The lowest BCUT2D eigenvalue weighted by atomic mass is 9.77. The Morgan fingerprint density at radius 3 is 1.94 bits per heavy atom. The summed E-state index contributed by atoms with van der Waals surface area (Å²) in [5.74, 6) is -0.309. The zero-order valence-electron chi connectivity index (χ0n) is 17.7. The second-order valence-electron chi connectivity index (χ2n) is 8.93. The standard InChI is InChI=1S/C19H36N2O10/c1-6-3-7(2)16(30-18-10(21)14(26)13(25)9(5-22)29-18)17(11(6)23)31-19-15(27)12(24)8(4-20)28-19/h6-19,22-27H,3-5,20-21H2,1-2H3/t6-,7?,8-,9?,10?,11-,12?,13-,14-,15+,16-,17?,18-,19+/m1/s1. The molecule has 2 heterocycles. The zero-order valence-corrected chi connectivity index (χ0v) is 17.7. The van der Waals surface area contributed by atoms with Crippen LogP contribution in [0.15, 0.2) is 0 Å². The molecule has 5 unspecified atom stereocenters. The first kappa shape index (κ1) is 25.1. The van der Waals surface area contributed by atoms with Gasteiger partial charge in [0.2, 0.25) is 0 Å². The predicted molar refractivity (Wildman–Crippen MR) is 104 cm³/mol. The monoisotopic (exact) mass is 452 g/mol. The van der Waals surface area contributed by atoms with E-state index in [9.17, 15) is 30.6 Å². The molecule has 0 aromatic heterocycles. The Morgan fingerprint density at radius 2 is 1.35 bits per heavy atom. The van der Waals surface area contributed by atoms with Crippen molar-refractivity contribution < 1.29 is 49.6 Å². The molecule has 3 fully saturated rings. The lowest BCUT2D eigenvalue weighted by Crippen LogP contribution is -2.64. The van der Waals surface area contributed by atoms with Crippen LogP contribution in [-0.4, -0.2) is 117 Å². The van der Waals surface area contributed by atoms with Crippen molar-refractivity contribution in [3.8, 4) is 0 Å². The van der Waals surface area contributed by atoms with Crippen molar-refractivity contribution in [2.45, 2.75) is 93.8 Å². The molecule has 182 valence electrons. The maximum Gasteiger partial charge on any atom is 0.187 e. The van der Waals surface area contributed by atoms with Crippen LogP contribution >= 0.6 is 0 Å². The van der Waals surface area contributed by atoms with Crippen LogP contribution in [0.2, 0.25) is 0 Å². The first-order chi connectivity index (χ1) is 14.6. The summed E-state index contributed by atoms with van der Waals surface area (Å²) in [7, 11) is 0. The SMILES string of the molecule is CC1C[C@@H](C)[C@@H](O)C(O[C@@H]2O[C@H](CN)C(O)[C@@H]2O)[C@@H]1O[C@H]1OC(CO)[C@@H](O)[C@H](O)C1N. The molecule has 2 aliphatic heterocycles. The van der Waals surface area contributed by atoms with Gasteiger partial charge < -0.3 is 61.1 Å². The van der Waals surface area contributed by atoms with Crippen LogP contribution in [0, 0.1) is 11.8 Å². The second-order valence-corrected chi connectivity index (χ2v) is 8.93. The molecule has 10 N–H and O–H groups in total. The van der Waals surface area contributed by atoms with Crippen LogP contribution in [-0.2, 0) is 18.9 Å². The third-order valence-electron chi connectivity index (χ3n) is 6.61. The lowest BCUT2D eigenvalue weighted by Gasteiger charge is -2.47. The Balaban J connectivity index is 1.78. The van der Waals surface area contributed by atoms with Gasteiger partial charge in [-0.3, -0.25) is 0 Å². The Labute approximate surface area is 180 Å². The molecule has 0 radical (unpaired) electrons. The molecule has 3 aliphatic rings. The molecular formula is C19H36N2O10. The molecule has 12 nitrogen and oxygen atoms in total. The summed E-state index contributed by atoms with van der Waals surface area (Å²) in [4.78, 5) is 0. The Hall–Kier alpha value is -0.480. The maximum absolute atomic E-state index is 10.8. The van der Waals surface area contributed by atoms with Gasteiger partial charge in [-0.05, 0) is 18.3 Å². The number of hydrogen-bond acceptors (Lipinski definition) is 12. The minimum Gasteiger partial charge on any atom is -0.394 e. The molecule has 14 atom stereocenters. The van der Waals surface area contributed by atoms with Crippen molar-refractivity contribution >= 4 is 0 Å². The molecule has 2 saturated heterocycles. The molecule has 31 heavy (non-hydrogen) atoms. The second kappa shape index (κ2) is 10.2. The molecule has 0 bridgehead atoms. The van der Waals surface area contributed by atoms with Crippen LogP contribution in [0.25, 0.3) is 0 Å². The van der Waals surface area contributed by atoms with Gasteiger partial charge in [0, 0.05) is 6.54 Å². The van der Waals surface area contributed by atoms with Gasteiger partial charge >= 0.3 is 0 Å². The third-order valence-corrected chi connectivity index (χ3v) is 6.61. The summed E-state index contributed by atoms with van der Waals surface area (Å²) in [6, 6.07) is -1.11. The summed E-state index contributed by atoms with van der Waals surface area (Å²) >= 11 is 0. The fourth-order valence-electron chi connectivity index (χ4n) is 4.63. The van der Waals surface area contributed by atoms with Gasteiger partial charge in [0.15, 0.2) is 12.6 Å². The van der Waals surface area contributed by atoms with E-state index in [1.165, 1.54) is 0 Å². The largest absolute Gasteiger partial charge is 0.394 e. The maximum atomic E-state index is 10.8. The van der Waals surface area contributed by atoms with E-state index in [1.807, 2.05) is 13.8 Å². The van der Waals surface area contributed by atoms with E-state index in [4.69, 9.17) is 30.4 Å². The van der Waals surface area contributed by atoms with Crippen LogP contribution in [0.3, 0.4) is 0 Å². The van der Waals surface area contributed by atoms with Crippen molar-refractivity contribution in [1.82, 2.24) is 0 Å². The highest BCUT2D eigenvalue weighted by atomic mass is 16.7. The van der Waals surface area contributed by atoms with Crippen LogP contribution in [0.5, 0.6) is 0 Å². The van der Waals surface area contributed by atoms with Crippen LogP contribution in [0.1, 0.15) is 20.3 Å². The summed E-state index contributed by atoms with van der Waals surface area (Å²) in [6.45, 7) is 3.16. The Bertz CT molecular complexity index is 586. The summed E-state index contributed by atoms with van der Waals surface area (Å²) in [5.41, 5.74) is 11.5. The highest BCUT2D eigenvalue weighted by Crippen LogP contribution is 2.37. The number of ether oxygens (including phenoxy) is 4. The predicted octanol–water partition coefficient (Wildman–Crippen LogP) is -4.03. The minimum absolute atomic E-state index is 0.0223. The number of aliphatic hydroxyl groups excluding tert-OH is 6. The van der Waals surface area contributed by atoms with Crippen molar-refractivity contribution in [2.75, 3.05) is 13.2 Å². The summed E-state index contributed by atoms with van der Waals surface area (Å²) < 4.78 is 23.0. The average molecular weight is 453 g/mol. The quantitative estimate of drug-likeness (QED) is 0.194.